The molecule has 1 heterocycles. The fourth-order valence-electron chi connectivity index (χ4n) is 3.56. The van der Waals surface area contributed by atoms with Gasteiger partial charge in [-0.3, -0.25) is 14.9 Å². The van der Waals surface area contributed by atoms with E-state index in [0.717, 1.165) is 10.5 Å². The van der Waals surface area contributed by atoms with Crippen LogP contribution in [0, 0.1) is 0 Å². The molecule has 3 aromatic carbocycles. The number of hydrogen-bond acceptors (Lipinski definition) is 6. The van der Waals surface area contributed by atoms with Crippen molar-refractivity contribution in [2.75, 3.05) is 11.5 Å². The molecule has 0 unspecified atom stereocenters. The van der Waals surface area contributed by atoms with Crippen molar-refractivity contribution >= 4 is 58.8 Å². The van der Waals surface area contributed by atoms with E-state index in [1.807, 2.05) is 6.07 Å². The molecule has 1 aliphatic rings. The van der Waals surface area contributed by atoms with Crippen LogP contribution in [0.5, 0.6) is 5.75 Å². The maximum absolute atomic E-state index is 13.3. The number of esters is 1. The number of anilines is 1. The second-order valence-corrected chi connectivity index (χ2v) is 8.70. The first-order chi connectivity index (χ1) is 17.8. The molecule has 1 fully saturated rings. The van der Waals surface area contributed by atoms with Gasteiger partial charge in [0, 0.05) is 15.6 Å². The standard InChI is InChI=1S/C27H20Cl2N2O6/c1-2-36-26(34)17-6-9-21(10-7-17)31-25(33)22(24(32)30-27(31)35)14-18-13-20(29)8-11-23(18)37-15-16-4-3-5-19(28)12-16/h3-14H,2,15H2,1H3,(H,30,32,35)/b22-14+. The lowest BCUT2D eigenvalue weighted by atomic mass is 10.1. The molecule has 0 saturated carbocycles. The van der Waals surface area contributed by atoms with Crippen molar-refractivity contribution < 1.29 is 28.7 Å². The summed E-state index contributed by atoms with van der Waals surface area (Å²) in [5, 5.41) is 3.08. The molecule has 4 amide bonds. The van der Waals surface area contributed by atoms with Crippen LogP contribution in [-0.4, -0.2) is 30.4 Å². The van der Waals surface area contributed by atoms with Crippen LogP contribution in [0.4, 0.5) is 10.5 Å². The van der Waals surface area contributed by atoms with Crippen molar-refractivity contribution in [1.29, 1.82) is 0 Å². The normalized spacial score (nSPS) is 14.5. The van der Waals surface area contributed by atoms with Gasteiger partial charge in [-0.25, -0.2) is 14.5 Å². The average Bonchev–Trinajstić information content (AvgIpc) is 2.86. The quantitative estimate of drug-likeness (QED) is 0.245. The van der Waals surface area contributed by atoms with Crippen LogP contribution in [0.3, 0.4) is 0 Å². The van der Waals surface area contributed by atoms with Gasteiger partial charge in [-0.15, -0.1) is 0 Å². The SMILES string of the molecule is CCOC(=O)c1ccc(N2C(=O)NC(=O)/C(=C\c3cc(Cl)ccc3OCc3cccc(Cl)c3)C2=O)cc1. The summed E-state index contributed by atoms with van der Waals surface area (Å²) in [5.74, 6) is -1.89. The van der Waals surface area contributed by atoms with Crippen molar-refractivity contribution in [1.82, 2.24) is 5.32 Å². The summed E-state index contributed by atoms with van der Waals surface area (Å²) in [6, 6.07) is 16.7. The third-order valence-corrected chi connectivity index (χ3v) is 5.76. The van der Waals surface area contributed by atoms with Crippen LogP contribution < -0.4 is 15.0 Å². The summed E-state index contributed by atoms with van der Waals surface area (Å²) in [7, 11) is 0. The van der Waals surface area contributed by atoms with E-state index in [1.165, 1.54) is 36.4 Å². The van der Waals surface area contributed by atoms with E-state index in [2.05, 4.69) is 5.32 Å². The Morgan fingerprint density at radius 3 is 2.41 bits per heavy atom. The van der Waals surface area contributed by atoms with Gasteiger partial charge in [-0.05, 0) is 73.2 Å². The maximum atomic E-state index is 13.3. The van der Waals surface area contributed by atoms with Crippen LogP contribution in [0.2, 0.25) is 10.0 Å². The Morgan fingerprint density at radius 2 is 1.70 bits per heavy atom. The first kappa shape index (κ1) is 25.9. The highest BCUT2D eigenvalue weighted by molar-refractivity contribution is 6.39. The highest BCUT2D eigenvalue weighted by atomic mass is 35.5. The molecule has 0 spiro atoms. The molecule has 0 bridgehead atoms. The van der Waals surface area contributed by atoms with E-state index in [1.54, 1.807) is 37.3 Å². The van der Waals surface area contributed by atoms with Gasteiger partial charge in [0.2, 0.25) is 0 Å². The number of carbonyl (C=O) groups is 4. The molecule has 188 valence electrons. The van der Waals surface area contributed by atoms with E-state index < -0.39 is 23.8 Å². The maximum Gasteiger partial charge on any atom is 0.338 e. The Bertz CT molecular complexity index is 1420. The number of urea groups is 1. The zero-order chi connectivity index (χ0) is 26.5. The highest BCUT2D eigenvalue weighted by Gasteiger charge is 2.37. The Hall–Kier alpha value is -4.14. The fourth-order valence-corrected chi connectivity index (χ4v) is 3.95. The average molecular weight is 539 g/mol. The minimum Gasteiger partial charge on any atom is -0.488 e. The molecule has 37 heavy (non-hydrogen) atoms. The summed E-state index contributed by atoms with van der Waals surface area (Å²) in [4.78, 5) is 51.2. The minimum atomic E-state index is -0.917. The van der Waals surface area contributed by atoms with Crippen LogP contribution in [0.15, 0.2) is 72.3 Å². The molecule has 1 aliphatic heterocycles. The summed E-state index contributed by atoms with van der Waals surface area (Å²) < 4.78 is 10.9. The van der Waals surface area contributed by atoms with Crippen molar-refractivity contribution in [2.24, 2.45) is 0 Å². The molecule has 8 nitrogen and oxygen atoms in total. The molecule has 4 rings (SSSR count). The number of imide groups is 2. The number of barbiturate groups is 1. The largest absolute Gasteiger partial charge is 0.488 e. The van der Waals surface area contributed by atoms with Crippen molar-refractivity contribution in [3.63, 3.8) is 0 Å². The van der Waals surface area contributed by atoms with Crippen LogP contribution in [0.1, 0.15) is 28.4 Å². The van der Waals surface area contributed by atoms with Crippen LogP contribution in [-0.2, 0) is 20.9 Å². The summed E-state index contributed by atoms with van der Waals surface area (Å²) in [6.07, 6.45) is 1.31. The van der Waals surface area contributed by atoms with Gasteiger partial charge in [0.15, 0.2) is 0 Å². The van der Waals surface area contributed by atoms with Gasteiger partial charge in [-0.2, -0.15) is 0 Å². The third kappa shape index (κ3) is 5.99. The molecule has 0 radical (unpaired) electrons. The lowest BCUT2D eigenvalue weighted by Gasteiger charge is -2.26. The monoisotopic (exact) mass is 538 g/mol. The minimum absolute atomic E-state index is 0.164. The third-order valence-electron chi connectivity index (χ3n) is 5.29. The second kappa shape index (κ2) is 11.3. The Morgan fingerprint density at radius 1 is 0.973 bits per heavy atom. The molecule has 3 aromatic rings. The lowest BCUT2D eigenvalue weighted by molar-refractivity contribution is -0.122. The van der Waals surface area contributed by atoms with Crippen molar-refractivity contribution in [2.45, 2.75) is 13.5 Å². The Labute approximate surface area is 222 Å². The van der Waals surface area contributed by atoms with Crippen molar-refractivity contribution in [3.05, 3.63) is 99.0 Å². The molecule has 1 saturated heterocycles. The van der Waals surface area contributed by atoms with Gasteiger partial charge in [0.1, 0.15) is 17.9 Å². The van der Waals surface area contributed by atoms with Crippen LogP contribution >= 0.6 is 23.2 Å². The van der Waals surface area contributed by atoms with Gasteiger partial charge in [-0.1, -0.05) is 35.3 Å². The molecular formula is C27H20Cl2N2O6. The number of benzene rings is 3. The zero-order valence-corrected chi connectivity index (χ0v) is 21.0. The number of nitrogens with zero attached hydrogens (tertiary/aromatic N) is 1. The fraction of sp³-hybridized carbons (Fsp3) is 0.111. The number of amides is 4. The van der Waals surface area contributed by atoms with Gasteiger partial charge >= 0.3 is 12.0 Å². The first-order valence-corrected chi connectivity index (χ1v) is 11.9. The van der Waals surface area contributed by atoms with Gasteiger partial charge < -0.3 is 9.47 Å². The Balaban J connectivity index is 1.63. The van der Waals surface area contributed by atoms with E-state index in [0.29, 0.717) is 21.4 Å². The number of carbonyl (C=O) groups excluding carboxylic acids is 4. The van der Waals surface area contributed by atoms with Crippen LogP contribution in [0.25, 0.3) is 6.08 Å². The number of ether oxygens (including phenoxy) is 2. The van der Waals surface area contributed by atoms with Crippen molar-refractivity contribution in [3.8, 4) is 5.75 Å². The van der Waals surface area contributed by atoms with Gasteiger partial charge in [0.05, 0.1) is 17.9 Å². The number of nitrogens with one attached hydrogen (secondary N) is 1. The number of halogens is 2. The molecule has 1 N–H and O–H groups in total. The summed E-state index contributed by atoms with van der Waals surface area (Å²) in [6.45, 7) is 2.07. The Kier molecular flexibility index (Phi) is 7.91. The molecule has 0 aromatic heterocycles. The number of rotatable bonds is 7. The first-order valence-electron chi connectivity index (χ1n) is 11.1. The molecule has 0 aliphatic carbocycles. The predicted octanol–water partition coefficient (Wildman–Crippen LogP) is 5.42. The number of hydrogen-bond donors (Lipinski definition) is 1. The zero-order valence-electron chi connectivity index (χ0n) is 19.5. The summed E-state index contributed by atoms with van der Waals surface area (Å²) >= 11 is 12.2. The van der Waals surface area contributed by atoms with E-state index in [9.17, 15) is 19.2 Å². The lowest BCUT2D eigenvalue weighted by Crippen LogP contribution is -2.54. The van der Waals surface area contributed by atoms with E-state index >= 15 is 0 Å². The highest BCUT2D eigenvalue weighted by Crippen LogP contribution is 2.29. The second-order valence-electron chi connectivity index (χ2n) is 7.83. The van der Waals surface area contributed by atoms with Gasteiger partial charge in [0.25, 0.3) is 11.8 Å². The molecule has 10 heteroatoms. The summed E-state index contributed by atoms with van der Waals surface area (Å²) in [5.41, 5.74) is 1.29. The molecule has 0 atom stereocenters. The predicted molar refractivity (Wildman–Crippen MR) is 139 cm³/mol. The smallest absolute Gasteiger partial charge is 0.338 e. The van der Waals surface area contributed by atoms with E-state index in [-0.39, 0.29) is 30.0 Å². The van der Waals surface area contributed by atoms with E-state index in [4.69, 9.17) is 32.7 Å². The molecular weight excluding hydrogens is 519 g/mol. The topological polar surface area (TPSA) is 102 Å².